The van der Waals surface area contributed by atoms with E-state index in [2.05, 4.69) is 15.4 Å². The van der Waals surface area contributed by atoms with Crippen LogP contribution in [0.2, 0.25) is 0 Å². The van der Waals surface area contributed by atoms with Crippen molar-refractivity contribution >= 4 is 12.0 Å². The van der Waals surface area contributed by atoms with Gasteiger partial charge >= 0.3 is 5.97 Å². The van der Waals surface area contributed by atoms with Crippen molar-refractivity contribution in [2.75, 3.05) is 0 Å². The van der Waals surface area contributed by atoms with E-state index < -0.39 is 5.97 Å². The van der Waals surface area contributed by atoms with Gasteiger partial charge in [0.25, 0.3) is 0 Å². The SMILES string of the molecule is O=C(O)C=Cc1cn[nH]n1. The molecule has 0 radical (unpaired) electrons. The van der Waals surface area contributed by atoms with Crippen LogP contribution >= 0.6 is 0 Å². The lowest BCUT2D eigenvalue weighted by Crippen LogP contribution is -1.85. The lowest BCUT2D eigenvalue weighted by atomic mass is 10.4. The van der Waals surface area contributed by atoms with Gasteiger partial charge in [0.05, 0.1) is 6.20 Å². The summed E-state index contributed by atoms with van der Waals surface area (Å²) < 4.78 is 0. The van der Waals surface area contributed by atoms with Crippen LogP contribution < -0.4 is 0 Å². The standard InChI is InChI=1S/C5H5N3O2/c9-5(10)2-1-4-3-6-8-7-4/h1-3H,(H,9,10)(H,6,7,8). The van der Waals surface area contributed by atoms with E-state index in [0.717, 1.165) is 6.08 Å². The number of nitrogens with zero attached hydrogens (tertiary/aromatic N) is 2. The van der Waals surface area contributed by atoms with Gasteiger partial charge in [-0.1, -0.05) is 0 Å². The van der Waals surface area contributed by atoms with Crippen molar-refractivity contribution in [1.82, 2.24) is 15.4 Å². The maximum absolute atomic E-state index is 9.95. The number of carbonyl (C=O) groups is 1. The van der Waals surface area contributed by atoms with E-state index in [9.17, 15) is 4.79 Å². The molecule has 1 aromatic heterocycles. The highest BCUT2D eigenvalue weighted by molar-refractivity contribution is 5.84. The summed E-state index contributed by atoms with van der Waals surface area (Å²) in [4.78, 5) is 9.95. The Hall–Kier alpha value is -1.65. The van der Waals surface area contributed by atoms with Crippen LogP contribution in [-0.2, 0) is 4.79 Å². The van der Waals surface area contributed by atoms with E-state index >= 15 is 0 Å². The average molecular weight is 139 g/mol. The monoisotopic (exact) mass is 139 g/mol. The van der Waals surface area contributed by atoms with E-state index in [-0.39, 0.29) is 0 Å². The van der Waals surface area contributed by atoms with Crippen molar-refractivity contribution in [3.05, 3.63) is 18.0 Å². The molecule has 5 heteroatoms. The number of aromatic amines is 1. The largest absolute Gasteiger partial charge is 0.478 e. The van der Waals surface area contributed by atoms with Gasteiger partial charge in [0.1, 0.15) is 5.69 Å². The molecule has 0 unspecified atom stereocenters. The van der Waals surface area contributed by atoms with Gasteiger partial charge in [-0.3, -0.25) is 0 Å². The molecule has 0 fully saturated rings. The second-order valence-electron chi connectivity index (χ2n) is 1.57. The molecular formula is C5H5N3O2. The average Bonchev–Trinajstić information content (AvgIpc) is 2.34. The van der Waals surface area contributed by atoms with Crippen LogP contribution in [0.25, 0.3) is 6.08 Å². The quantitative estimate of drug-likeness (QED) is 0.561. The first-order valence-corrected chi connectivity index (χ1v) is 2.56. The van der Waals surface area contributed by atoms with Gasteiger partial charge in [-0.2, -0.15) is 15.4 Å². The van der Waals surface area contributed by atoms with Gasteiger partial charge in [-0.05, 0) is 6.08 Å². The smallest absolute Gasteiger partial charge is 0.328 e. The number of hydrogen-bond acceptors (Lipinski definition) is 3. The molecule has 10 heavy (non-hydrogen) atoms. The number of aromatic nitrogens is 3. The zero-order valence-corrected chi connectivity index (χ0v) is 4.98. The summed E-state index contributed by atoms with van der Waals surface area (Å²) >= 11 is 0. The van der Waals surface area contributed by atoms with E-state index in [1.807, 2.05) is 0 Å². The molecule has 0 amide bonds. The maximum Gasteiger partial charge on any atom is 0.328 e. The number of nitrogens with one attached hydrogen (secondary N) is 1. The fraction of sp³-hybridized carbons (Fsp3) is 0. The number of H-pyrrole nitrogens is 1. The Morgan fingerprint density at radius 3 is 3.10 bits per heavy atom. The molecule has 0 aliphatic carbocycles. The van der Waals surface area contributed by atoms with Crippen LogP contribution in [0.4, 0.5) is 0 Å². The molecule has 0 saturated heterocycles. The summed E-state index contributed by atoms with van der Waals surface area (Å²) in [5.74, 6) is -0.997. The van der Waals surface area contributed by atoms with Gasteiger partial charge in [0, 0.05) is 6.08 Å². The van der Waals surface area contributed by atoms with E-state index in [1.54, 1.807) is 0 Å². The molecular weight excluding hydrogens is 134 g/mol. The minimum Gasteiger partial charge on any atom is -0.478 e. The van der Waals surface area contributed by atoms with E-state index in [4.69, 9.17) is 5.11 Å². The Morgan fingerprint density at radius 1 is 1.80 bits per heavy atom. The van der Waals surface area contributed by atoms with E-state index in [0.29, 0.717) is 5.69 Å². The van der Waals surface area contributed by atoms with Crippen molar-refractivity contribution in [3.63, 3.8) is 0 Å². The Morgan fingerprint density at radius 2 is 2.60 bits per heavy atom. The van der Waals surface area contributed by atoms with Crippen LogP contribution in [0, 0.1) is 0 Å². The molecule has 0 spiro atoms. The van der Waals surface area contributed by atoms with Crippen molar-refractivity contribution in [2.45, 2.75) is 0 Å². The summed E-state index contributed by atoms with van der Waals surface area (Å²) in [7, 11) is 0. The highest BCUT2D eigenvalue weighted by Gasteiger charge is 1.89. The number of aliphatic carboxylic acids is 1. The summed E-state index contributed by atoms with van der Waals surface area (Å²) in [5, 5.41) is 17.6. The number of hydrogen-bond donors (Lipinski definition) is 2. The summed E-state index contributed by atoms with van der Waals surface area (Å²) in [6.07, 6.45) is 3.78. The molecule has 0 atom stereocenters. The molecule has 5 nitrogen and oxygen atoms in total. The van der Waals surface area contributed by atoms with Crippen LogP contribution in [0.3, 0.4) is 0 Å². The van der Waals surface area contributed by atoms with Gasteiger partial charge in [-0.25, -0.2) is 4.79 Å². The number of carboxylic acid groups (broad SMARTS) is 1. The second kappa shape index (κ2) is 2.77. The maximum atomic E-state index is 9.95. The predicted octanol–water partition coefficient (Wildman–Crippen LogP) is -0.0975. The van der Waals surface area contributed by atoms with Gasteiger partial charge in [0.15, 0.2) is 0 Å². The lowest BCUT2D eigenvalue weighted by Gasteiger charge is -1.76. The molecule has 0 bridgehead atoms. The molecule has 2 N–H and O–H groups in total. The van der Waals surface area contributed by atoms with Crippen molar-refractivity contribution < 1.29 is 9.90 Å². The number of rotatable bonds is 2. The van der Waals surface area contributed by atoms with Crippen LogP contribution in [0.5, 0.6) is 0 Å². The third kappa shape index (κ3) is 1.70. The molecule has 1 aromatic rings. The first-order valence-electron chi connectivity index (χ1n) is 2.56. The van der Waals surface area contributed by atoms with Crippen molar-refractivity contribution in [3.8, 4) is 0 Å². The third-order valence-corrected chi connectivity index (χ3v) is 0.830. The Bertz CT molecular complexity index is 239. The molecule has 0 aromatic carbocycles. The molecule has 0 aliphatic rings. The molecule has 1 rings (SSSR count). The zero-order chi connectivity index (χ0) is 7.40. The highest BCUT2D eigenvalue weighted by atomic mass is 16.4. The van der Waals surface area contributed by atoms with Crippen LogP contribution in [0.1, 0.15) is 5.69 Å². The van der Waals surface area contributed by atoms with Gasteiger partial charge in [0.2, 0.25) is 0 Å². The van der Waals surface area contributed by atoms with E-state index in [1.165, 1.54) is 12.3 Å². The molecule has 52 valence electrons. The highest BCUT2D eigenvalue weighted by Crippen LogP contribution is 1.90. The fourth-order valence-corrected chi connectivity index (χ4v) is 0.447. The zero-order valence-electron chi connectivity index (χ0n) is 4.98. The molecule has 1 heterocycles. The molecule has 0 aliphatic heterocycles. The van der Waals surface area contributed by atoms with Crippen molar-refractivity contribution in [2.24, 2.45) is 0 Å². The number of carboxylic acids is 1. The summed E-state index contributed by atoms with van der Waals surface area (Å²) in [6.45, 7) is 0. The predicted molar refractivity (Wildman–Crippen MR) is 33.1 cm³/mol. The minimum atomic E-state index is -0.997. The van der Waals surface area contributed by atoms with Crippen LogP contribution in [-0.4, -0.2) is 26.5 Å². The Balaban J connectivity index is 2.64. The fourth-order valence-electron chi connectivity index (χ4n) is 0.447. The Kier molecular flexibility index (Phi) is 1.79. The first-order chi connectivity index (χ1) is 4.79. The van der Waals surface area contributed by atoms with Crippen LogP contribution in [0.15, 0.2) is 12.3 Å². The van der Waals surface area contributed by atoms with Crippen molar-refractivity contribution in [1.29, 1.82) is 0 Å². The second-order valence-corrected chi connectivity index (χ2v) is 1.57. The Labute approximate surface area is 56.4 Å². The summed E-state index contributed by atoms with van der Waals surface area (Å²) in [6, 6.07) is 0. The van der Waals surface area contributed by atoms with Gasteiger partial charge < -0.3 is 5.11 Å². The van der Waals surface area contributed by atoms with Gasteiger partial charge in [-0.15, -0.1) is 0 Å². The minimum absolute atomic E-state index is 0.502. The normalized spacial score (nSPS) is 10.4. The third-order valence-electron chi connectivity index (χ3n) is 0.830. The lowest BCUT2D eigenvalue weighted by molar-refractivity contribution is -0.131. The first kappa shape index (κ1) is 6.47. The topological polar surface area (TPSA) is 78.9 Å². The molecule has 0 saturated carbocycles. The summed E-state index contributed by atoms with van der Waals surface area (Å²) in [5.41, 5.74) is 0.502.